The van der Waals surface area contributed by atoms with Gasteiger partial charge in [0.05, 0.1) is 24.0 Å². The van der Waals surface area contributed by atoms with E-state index in [9.17, 15) is 4.21 Å². The number of hydrogen-bond donors (Lipinski definition) is 2. The number of rotatable bonds is 3. The van der Waals surface area contributed by atoms with Crippen LogP contribution in [0.25, 0.3) is 0 Å². The highest BCUT2D eigenvalue weighted by Crippen LogP contribution is 2.12. The minimum atomic E-state index is -1.95. The Bertz CT molecular complexity index is 398. The van der Waals surface area contributed by atoms with Crippen LogP contribution in [-0.4, -0.2) is 13.9 Å². The number of benzene rings is 1. The minimum absolute atomic E-state index is 0.0609. The van der Waals surface area contributed by atoms with E-state index in [1.807, 2.05) is 6.07 Å². The topological polar surface area (TPSA) is 81.3 Å². The van der Waals surface area contributed by atoms with Crippen LogP contribution in [0.15, 0.2) is 18.2 Å². The van der Waals surface area contributed by atoms with Gasteiger partial charge in [-0.25, -0.2) is 4.21 Å². The van der Waals surface area contributed by atoms with Crippen LogP contribution in [0.1, 0.15) is 16.7 Å². The van der Waals surface area contributed by atoms with Crippen molar-refractivity contribution in [3.63, 3.8) is 0 Å². The van der Waals surface area contributed by atoms with Crippen LogP contribution in [0.4, 0.5) is 0 Å². The first kappa shape index (κ1) is 10.9. The number of nitriles is 1. The molecular weight excluding hydrogens is 202 g/mol. The molecule has 0 aliphatic carbocycles. The van der Waals surface area contributed by atoms with Gasteiger partial charge in [0.25, 0.3) is 0 Å². The van der Waals surface area contributed by atoms with Crippen LogP contribution < -0.4 is 0 Å². The van der Waals surface area contributed by atoms with Gasteiger partial charge in [-0.3, -0.25) is 0 Å². The molecule has 0 aromatic heterocycles. The maximum atomic E-state index is 10.5. The summed E-state index contributed by atoms with van der Waals surface area (Å²) in [5, 5.41) is 17.6. The van der Waals surface area contributed by atoms with Crippen LogP contribution in [0.2, 0.25) is 0 Å². The van der Waals surface area contributed by atoms with Crippen LogP contribution in [0.5, 0.6) is 0 Å². The van der Waals surface area contributed by atoms with Gasteiger partial charge < -0.3 is 9.66 Å². The van der Waals surface area contributed by atoms with Crippen LogP contribution in [0.3, 0.4) is 0 Å². The molecule has 0 saturated heterocycles. The second-order valence-corrected chi connectivity index (χ2v) is 3.66. The first-order valence-corrected chi connectivity index (χ1v) is 5.15. The van der Waals surface area contributed by atoms with Gasteiger partial charge in [0.1, 0.15) is 0 Å². The summed E-state index contributed by atoms with van der Waals surface area (Å²) in [7, 11) is 0. The zero-order chi connectivity index (χ0) is 10.6. The SMILES string of the molecule is N#Cc1cc(CO)ccc1CS(=O)O. The van der Waals surface area contributed by atoms with E-state index in [1.165, 1.54) is 6.07 Å². The Kier molecular flexibility index (Phi) is 3.77. The Morgan fingerprint density at radius 2 is 2.21 bits per heavy atom. The molecule has 0 saturated carbocycles. The van der Waals surface area contributed by atoms with Gasteiger partial charge in [0.15, 0.2) is 11.1 Å². The summed E-state index contributed by atoms with van der Waals surface area (Å²) in [5.41, 5.74) is 1.47. The molecule has 0 aliphatic rings. The molecule has 0 bridgehead atoms. The number of aliphatic hydroxyl groups excluding tert-OH is 1. The molecule has 0 radical (unpaired) electrons. The van der Waals surface area contributed by atoms with E-state index < -0.39 is 11.1 Å². The normalized spacial score (nSPS) is 12.1. The third kappa shape index (κ3) is 2.64. The quantitative estimate of drug-likeness (QED) is 0.723. The highest BCUT2D eigenvalue weighted by molar-refractivity contribution is 7.78. The summed E-state index contributed by atoms with van der Waals surface area (Å²) in [6.07, 6.45) is 0. The standard InChI is InChI=1S/C9H9NO3S/c10-4-9-3-7(5-11)1-2-8(9)6-14(12)13/h1-3,11H,5-6H2,(H,12,13). The molecule has 1 unspecified atom stereocenters. The van der Waals surface area contributed by atoms with Gasteiger partial charge in [-0.05, 0) is 17.2 Å². The van der Waals surface area contributed by atoms with Gasteiger partial charge in [0.2, 0.25) is 0 Å². The van der Waals surface area contributed by atoms with Gasteiger partial charge in [0, 0.05) is 0 Å². The van der Waals surface area contributed by atoms with E-state index in [4.69, 9.17) is 14.9 Å². The van der Waals surface area contributed by atoms with Gasteiger partial charge >= 0.3 is 0 Å². The molecule has 5 heteroatoms. The lowest BCUT2D eigenvalue weighted by atomic mass is 10.1. The second kappa shape index (κ2) is 4.86. The van der Waals surface area contributed by atoms with Crippen LogP contribution in [-0.2, 0) is 23.4 Å². The zero-order valence-electron chi connectivity index (χ0n) is 7.30. The Hall–Kier alpha value is -1.22. The van der Waals surface area contributed by atoms with E-state index in [-0.39, 0.29) is 12.4 Å². The minimum Gasteiger partial charge on any atom is -0.392 e. The number of aliphatic hydroxyl groups is 1. The summed E-state index contributed by atoms with van der Waals surface area (Å²) < 4.78 is 19.2. The summed E-state index contributed by atoms with van der Waals surface area (Å²) in [4.78, 5) is 0. The first-order valence-electron chi connectivity index (χ1n) is 3.87. The maximum Gasteiger partial charge on any atom is 0.157 e. The zero-order valence-corrected chi connectivity index (χ0v) is 8.12. The van der Waals surface area contributed by atoms with E-state index in [0.717, 1.165) is 0 Å². The van der Waals surface area contributed by atoms with Crippen molar-refractivity contribution in [1.29, 1.82) is 5.26 Å². The second-order valence-electron chi connectivity index (χ2n) is 2.73. The van der Waals surface area contributed by atoms with Gasteiger partial charge in [-0.2, -0.15) is 5.26 Å². The van der Waals surface area contributed by atoms with Crippen LogP contribution in [0, 0.1) is 11.3 Å². The Morgan fingerprint density at radius 3 is 2.71 bits per heavy atom. The van der Waals surface area contributed by atoms with Crippen molar-refractivity contribution in [2.45, 2.75) is 12.4 Å². The molecule has 1 rings (SSSR count). The van der Waals surface area contributed by atoms with Crippen molar-refractivity contribution in [2.24, 2.45) is 0 Å². The summed E-state index contributed by atoms with van der Waals surface area (Å²) in [6.45, 7) is -0.142. The van der Waals surface area contributed by atoms with Crippen molar-refractivity contribution in [3.8, 4) is 6.07 Å². The average molecular weight is 211 g/mol. The lowest BCUT2D eigenvalue weighted by Crippen LogP contribution is -1.97. The molecular formula is C9H9NO3S. The fraction of sp³-hybridized carbons (Fsp3) is 0.222. The van der Waals surface area contributed by atoms with E-state index in [1.54, 1.807) is 12.1 Å². The summed E-state index contributed by atoms with van der Waals surface area (Å²) >= 11 is -1.95. The van der Waals surface area contributed by atoms with Crippen molar-refractivity contribution < 1.29 is 13.9 Å². The molecule has 0 aliphatic heterocycles. The molecule has 74 valence electrons. The lowest BCUT2D eigenvalue weighted by Gasteiger charge is -2.02. The van der Waals surface area contributed by atoms with Crippen molar-refractivity contribution >= 4 is 11.1 Å². The molecule has 0 heterocycles. The molecule has 1 aromatic carbocycles. The highest BCUT2D eigenvalue weighted by Gasteiger charge is 2.05. The third-order valence-corrected chi connectivity index (χ3v) is 2.31. The molecule has 0 fully saturated rings. The monoisotopic (exact) mass is 211 g/mol. The first-order chi connectivity index (χ1) is 6.67. The molecule has 1 aromatic rings. The average Bonchev–Trinajstić information content (AvgIpc) is 2.17. The van der Waals surface area contributed by atoms with Crippen molar-refractivity contribution in [2.75, 3.05) is 0 Å². The molecule has 0 spiro atoms. The molecule has 4 nitrogen and oxygen atoms in total. The molecule has 1 atom stereocenters. The summed E-state index contributed by atoms with van der Waals surface area (Å²) in [6, 6.07) is 6.64. The maximum absolute atomic E-state index is 10.5. The number of nitrogens with zero attached hydrogens (tertiary/aromatic N) is 1. The molecule has 2 N–H and O–H groups in total. The van der Waals surface area contributed by atoms with Crippen molar-refractivity contribution in [3.05, 3.63) is 34.9 Å². The Labute approximate surface area is 84.1 Å². The molecule has 0 amide bonds. The fourth-order valence-corrected chi connectivity index (χ4v) is 1.60. The Balaban J connectivity index is 3.07. The number of hydrogen-bond acceptors (Lipinski definition) is 3. The van der Waals surface area contributed by atoms with Crippen LogP contribution >= 0.6 is 0 Å². The highest BCUT2D eigenvalue weighted by atomic mass is 32.2. The van der Waals surface area contributed by atoms with E-state index in [2.05, 4.69) is 0 Å². The molecule has 14 heavy (non-hydrogen) atoms. The lowest BCUT2D eigenvalue weighted by molar-refractivity contribution is 0.282. The van der Waals surface area contributed by atoms with Gasteiger partial charge in [-0.15, -0.1) is 0 Å². The van der Waals surface area contributed by atoms with E-state index >= 15 is 0 Å². The third-order valence-electron chi connectivity index (χ3n) is 1.76. The largest absolute Gasteiger partial charge is 0.392 e. The smallest absolute Gasteiger partial charge is 0.157 e. The summed E-state index contributed by atoms with van der Waals surface area (Å²) in [5.74, 6) is -0.0609. The van der Waals surface area contributed by atoms with Gasteiger partial charge in [-0.1, -0.05) is 12.1 Å². The predicted octanol–water partition coefficient (Wildman–Crippen LogP) is 0.772. The van der Waals surface area contributed by atoms with E-state index in [0.29, 0.717) is 16.7 Å². The fourth-order valence-electron chi connectivity index (χ4n) is 1.08. The predicted molar refractivity (Wildman–Crippen MR) is 51.6 cm³/mol. The Morgan fingerprint density at radius 1 is 1.50 bits per heavy atom. The van der Waals surface area contributed by atoms with Crippen molar-refractivity contribution in [1.82, 2.24) is 0 Å².